The van der Waals surface area contributed by atoms with E-state index in [1.54, 1.807) is 18.2 Å². The van der Waals surface area contributed by atoms with E-state index in [2.05, 4.69) is 15.9 Å². The number of hydrogen-bond acceptors (Lipinski definition) is 0. The maximum Gasteiger partial charge on any atom is 0.123 e. The Bertz CT molecular complexity index is 520. The fraction of sp³-hybridized carbons (Fsp3) is 0.143. The molecular formula is C14H10BrCl2F. The molecule has 4 heteroatoms. The minimum Gasteiger partial charge on any atom is -0.207 e. The van der Waals surface area contributed by atoms with Gasteiger partial charge < -0.3 is 0 Å². The second-order valence-electron chi connectivity index (χ2n) is 4.00. The van der Waals surface area contributed by atoms with E-state index >= 15 is 0 Å². The molecule has 0 saturated heterocycles. The topological polar surface area (TPSA) is 0 Å². The molecule has 0 aliphatic rings. The third kappa shape index (κ3) is 3.71. The van der Waals surface area contributed by atoms with Gasteiger partial charge >= 0.3 is 0 Å². The Balaban J connectivity index is 2.16. The van der Waals surface area contributed by atoms with Crippen molar-refractivity contribution in [3.63, 3.8) is 0 Å². The van der Waals surface area contributed by atoms with E-state index in [1.165, 1.54) is 12.1 Å². The Kier molecular flexibility index (Phi) is 4.66. The summed E-state index contributed by atoms with van der Waals surface area (Å²) in [6.07, 6.45) is 0.747. The van der Waals surface area contributed by atoms with Crippen LogP contribution in [0.25, 0.3) is 0 Å². The molecule has 2 aromatic carbocycles. The molecule has 1 atom stereocenters. The second-order valence-corrected chi connectivity index (χ2v) is 5.98. The van der Waals surface area contributed by atoms with E-state index in [4.69, 9.17) is 23.2 Å². The Hall–Kier alpha value is -0.570. The van der Waals surface area contributed by atoms with Crippen LogP contribution in [0.15, 0.2) is 42.5 Å². The fourth-order valence-electron chi connectivity index (χ4n) is 1.70. The van der Waals surface area contributed by atoms with Gasteiger partial charge in [0.05, 0.1) is 0 Å². The Morgan fingerprint density at radius 3 is 2.11 bits per heavy atom. The number of halogens is 4. The predicted molar refractivity (Wildman–Crippen MR) is 78.2 cm³/mol. The highest BCUT2D eigenvalue weighted by atomic mass is 79.9. The van der Waals surface area contributed by atoms with E-state index in [9.17, 15) is 4.39 Å². The van der Waals surface area contributed by atoms with Crippen LogP contribution in [0.5, 0.6) is 0 Å². The van der Waals surface area contributed by atoms with Gasteiger partial charge in [0.1, 0.15) is 5.82 Å². The van der Waals surface area contributed by atoms with Crippen LogP contribution < -0.4 is 0 Å². The summed E-state index contributed by atoms with van der Waals surface area (Å²) < 4.78 is 12.8. The third-order valence-corrected chi connectivity index (χ3v) is 3.86. The molecule has 1 unspecified atom stereocenters. The van der Waals surface area contributed by atoms with Crippen molar-refractivity contribution in [2.24, 2.45) is 0 Å². The lowest BCUT2D eigenvalue weighted by atomic mass is 10.0. The molecule has 18 heavy (non-hydrogen) atoms. The zero-order valence-corrected chi connectivity index (χ0v) is 12.4. The Morgan fingerprint density at radius 1 is 1.00 bits per heavy atom. The lowest BCUT2D eigenvalue weighted by Crippen LogP contribution is -1.95. The van der Waals surface area contributed by atoms with Gasteiger partial charge in [-0.3, -0.25) is 0 Å². The normalized spacial score (nSPS) is 12.4. The van der Waals surface area contributed by atoms with Crippen molar-refractivity contribution in [1.29, 1.82) is 0 Å². The summed E-state index contributed by atoms with van der Waals surface area (Å²) in [7, 11) is 0. The van der Waals surface area contributed by atoms with Crippen LogP contribution in [-0.4, -0.2) is 0 Å². The van der Waals surface area contributed by atoms with Crippen LogP contribution >= 0.6 is 39.1 Å². The quantitative estimate of drug-likeness (QED) is 0.614. The van der Waals surface area contributed by atoms with Crippen LogP contribution in [0, 0.1) is 5.82 Å². The van der Waals surface area contributed by atoms with Gasteiger partial charge in [-0.25, -0.2) is 4.39 Å². The zero-order chi connectivity index (χ0) is 13.1. The summed E-state index contributed by atoms with van der Waals surface area (Å²) in [6.45, 7) is 0. The third-order valence-electron chi connectivity index (χ3n) is 2.57. The standard InChI is InChI=1S/C14H10BrCl2F/c15-14(5-9-1-3-13(18)4-2-9)10-6-11(16)8-12(17)7-10/h1-4,6-8,14H,5H2. The molecule has 0 amide bonds. The molecule has 0 aliphatic carbocycles. The van der Waals surface area contributed by atoms with E-state index in [1.807, 2.05) is 12.1 Å². The summed E-state index contributed by atoms with van der Waals surface area (Å²) in [5, 5.41) is 1.22. The van der Waals surface area contributed by atoms with E-state index in [0.29, 0.717) is 10.0 Å². The molecule has 0 saturated carbocycles. The molecule has 0 spiro atoms. The summed E-state index contributed by atoms with van der Waals surface area (Å²) in [5.41, 5.74) is 2.06. The number of benzene rings is 2. The maximum absolute atomic E-state index is 12.8. The fourth-order valence-corrected chi connectivity index (χ4v) is 2.88. The molecule has 2 aromatic rings. The highest BCUT2D eigenvalue weighted by Gasteiger charge is 2.10. The summed E-state index contributed by atoms with van der Waals surface area (Å²) in [4.78, 5) is 0.0964. The molecule has 94 valence electrons. The Labute approximate surface area is 124 Å². The monoisotopic (exact) mass is 346 g/mol. The summed E-state index contributed by atoms with van der Waals surface area (Å²) in [5.74, 6) is -0.226. The first-order chi connectivity index (χ1) is 8.54. The average Bonchev–Trinajstić information content (AvgIpc) is 2.31. The van der Waals surface area contributed by atoms with E-state index in [0.717, 1.165) is 17.5 Å². The Morgan fingerprint density at radius 2 is 1.56 bits per heavy atom. The largest absolute Gasteiger partial charge is 0.207 e. The molecule has 0 fully saturated rings. The molecule has 0 radical (unpaired) electrons. The van der Waals surface area contributed by atoms with Gasteiger partial charge in [-0.05, 0) is 47.9 Å². The van der Waals surface area contributed by atoms with Gasteiger partial charge in [0, 0.05) is 14.9 Å². The maximum atomic E-state index is 12.8. The van der Waals surface area contributed by atoms with Crippen molar-refractivity contribution in [3.05, 3.63) is 69.5 Å². The van der Waals surface area contributed by atoms with Crippen LogP contribution in [0.4, 0.5) is 4.39 Å². The van der Waals surface area contributed by atoms with Gasteiger partial charge in [0.2, 0.25) is 0 Å². The minimum atomic E-state index is -0.226. The van der Waals surface area contributed by atoms with Gasteiger partial charge in [0.25, 0.3) is 0 Å². The zero-order valence-electron chi connectivity index (χ0n) is 9.34. The molecule has 0 nitrogen and oxygen atoms in total. The molecule has 2 rings (SSSR count). The van der Waals surface area contributed by atoms with E-state index in [-0.39, 0.29) is 10.6 Å². The van der Waals surface area contributed by atoms with E-state index < -0.39 is 0 Å². The van der Waals surface area contributed by atoms with Gasteiger partial charge in [-0.1, -0.05) is 51.3 Å². The average molecular weight is 348 g/mol. The first-order valence-electron chi connectivity index (χ1n) is 5.39. The van der Waals surface area contributed by atoms with Crippen molar-refractivity contribution in [3.8, 4) is 0 Å². The van der Waals surface area contributed by atoms with Crippen molar-refractivity contribution in [1.82, 2.24) is 0 Å². The van der Waals surface area contributed by atoms with Crippen molar-refractivity contribution < 1.29 is 4.39 Å². The lowest BCUT2D eigenvalue weighted by molar-refractivity contribution is 0.627. The van der Waals surface area contributed by atoms with Gasteiger partial charge in [-0.15, -0.1) is 0 Å². The SMILES string of the molecule is Fc1ccc(CC(Br)c2cc(Cl)cc(Cl)c2)cc1. The minimum absolute atomic E-state index is 0.0964. The van der Waals surface area contributed by atoms with Crippen LogP contribution in [0.3, 0.4) is 0 Å². The first kappa shape index (κ1) is 13.9. The van der Waals surface area contributed by atoms with Crippen LogP contribution in [0.2, 0.25) is 10.0 Å². The molecular weight excluding hydrogens is 338 g/mol. The predicted octanol–water partition coefficient (Wildman–Crippen LogP) is 5.81. The highest BCUT2D eigenvalue weighted by molar-refractivity contribution is 9.09. The molecule has 0 aromatic heterocycles. The second kappa shape index (κ2) is 6.05. The number of alkyl halides is 1. The van der Waals surface area contributed by atoms with Gasteiger partial charge in [0.15, 0.2) is 0 Å². The number of rotatable bonds is 3. The molecule has 0 bridgehead atoms. The molecule has 0 heterocycles. The van der Waals surface area contributed by atoms with Crippen LogP contribution in [-0.2, 0) is 6.42 Å². The lowest BCUT2D eigenvalue weighted by Gasteiger charge is -2.11. The van der Waals surface area contributed by atoms with Gasteiger partial charge in [-0.2, -0.15) is 0 Å². The first-order valence-corrected chi connectivity index (χ1v) is 7.06. The molecule has 0 aliphatic heterocycles. The number of hydrogen-bond donors (Lipinski definition) is 0. The molecule has 0 N–H and O–H groups in total. The van der Waals surface area contributed by atoms with Crippen molar-refractivity contribution in [2.75, 3.05) is 0 Å². The summed E-state index contributed by atoms with van der Waals surface area (Å²) >= 11 is 15.5. The highest BCUT2D eigenvalue weighted by Crippen LogP contribution is 2.31. The van der Waals surface area contributed by atoms with Crippen LogP contribution in [0.1, 0.15) is 16.0 Å². The smallest absolute Gasteiger partial charge is 0.123 e. The van der Waals surface area contributed by atoms with Crippen molar-refractivity contribution in [2.45, 2.75) is 11.2 Å². The van der Waals surface area contributed by atoms with Crippen molar-refractivity contribution >= 4 is 39.1 Å². The summed E-state index contributed by atoms with van der Waals surface area (Å²) in [6, 6.07) is 11.9.